The van der Waals surface area contributed by atoms with Crippen molar-refractivity contribution in [2.24, 2.45) is 0 Å². The van der Waals surface area contributed by atoms with Gasteiger partial charge < -0.3 is 4.90 Å². The zero-order valence-electron chi connectivity index (χ0n) is 7.69. The molecule has 1 aliphatic heterocycles. The van der Waals surface area contributed by atoms with Crippen molar-refractivity contribution in [3.63, 3.8) is 0 Å². The first-order valence-corrected chi connectivity index (χ1v) is 5.45. The SMILES string of the molecule is CC1CN(C=O)CCc2ccsc21. The Labute approximate surface area is 82.2 Å². The Balaban J connectivity index is 2.25. The van der Waals surface area contributed by atoms with Crippen LogP contribution in [0.25, 0.3) is 0 Å². The van der Waals surface area contributed by atoms with E-state index in [4.69, 9.17) is 0 Å². The van der Waals surface area contributed by atoms with Gasteiger partial charge in [0.15, 0.2) is 0 Å². The molecule has 0 saturated heterocycles. The first-order chi connectivity index (χ1) is 6.31. The first kappa shape index (κ1) is 8.75. The predicted octanol–water partition coefficient (Wildman–Crippen LogP) is 1.87. The van der Waals surface area contributed by atoms with Gasteiger partial charge >= 0.3 is 0 Å². The molecule has 1 amide bonds. The van der Waals surface area contributed by atoms with Crippen LogP contribution >= 0.6 is 11.3 Å². The van der Waals surface area contributed by atoms with Gasteiger partial charge in [-0.2, -0.15) is 0 Å². The Hall–Kier alpha value is -0.830. The summed E-state index contributed by atoms with van der Waals surface area (Å²) in [4.78, 5) is 14.0. The fourth-order valence-corrected chi connectivity index (χ4v) is 2.88. The molecule has 0 radical (unpaired) electrons. The molecule has 1 aromatic heterocycles. The topological polar surface area (TPSA) is 20.3 Å². The van der Waals surface area contributed by atoms with Gasteiger partial charge in [0.1, 0.15) is 0 Å². The lowest BCUT2D eigenvalue weighted by molar-refractivity contribution is -0.118. The Morgan fingerprint density at radius 3 is 3.31 bits per heavy atom. The van der Waals surface area contributed by atoms with E-state index in [1.807, 2.05) is 16.2 Å². The van der Waals surface area contributed by atoms with Crippen LogP contribution in [0.3, 0.4) is 0 Å². The van der Waals surface area contributed by atoms with Crippen LogP contribution in [-0.2, 0) is 11.2 Å². The van der Waals surface area contributed by atoms with E-state index in [9.17, 15) is 4.79 Å². The smallest absolute Gasteiger partial charge is 0.209 e. The quantitative estimate of drug-likeness (QED) is 0.626. The summed E-state index contributed by atoms with van der Waals surface area (Å²) in [7, 11) is 0. The molecule has 0 aromatic carbocycles. The van der Waals surface area contributed by atoms with Crippen molar-refractivity contribution in [2.75, 3.05) is 13.1 Å². The normalized spacial score (nSPS) is 22.2. The number of nitrogens with zero attached hydrogens (tertiary/aromatic N) is 1. The molecule has 70 valence electrons. The zero-order chi connectivity index (χ0) is 9.26. The molecule has 2 rings (SSSR count). The Morgan fingerprint density at radius 1 is 1.69 bits per heavy atom. The summed E-state index contributed by atoms with van der Waals surface area (Å²) in [6, 6.07) is 2.19. The molecule has 0 fully saturated rings. The molecule has 0 spiro atoms. The fraction of sp³-hybridized carbons (Fsp3) is 0.500. The molecule has 2 nitrogen and oxygen atoms in total. The number of carbonyl (C=O) groups excluding carboxylic acids is 1. The van der Waals surface area contributed by atoms with Gasteiger partial charge in [0.05, 0.1) is 0 Å². The summed E-state index contributed by atoms with van der Waals surface area (Å²) in [5.41, 5.74) is 1.43. The van der Waals surface area contributed by atoms with E-state index in [2.05, 4.69) is 18.4 Å². The maximum absolute atomic E-state index is 10.7. The molecule has 1 unspecified atom stereocenters. The molecular weight excluding hydrogens is 182 g/mol. The third kappa shape index (κ3) is 1.61. The van der Waals surface area contributed by atoms with Gasteiger partial charge in [-0.25, -0.2) is 0 Å². The fourth-order valence-electron chi connectivity index (χ4n) is 1.87. The van der Waals surface area contributed by atoms with Gasteiger partial charge in [0.2, 0.25) is 6.41 Å². The number of fused-ring (bicyclic) bond motifs is 1. The van der Waals surface area contributed by atoms with Crippen molar-refractivity contribution >= 4 is 17.7 Å². The zero-order valence-corrected chi connectivity index (χ0v) is 8.51. The molecular formula is C10H13NOS. The van der Waals surface area contributed by atoms with Gasteiger partial charge in [-0.15, -0.1) is 11.3 Å². The van der Waals surface area contributed by atoms with Crippen molar-refractivity contribution in [2.45, 2.75) is 19.3 Å². The van der Waals surface area contributed by atoms with Gasteiger partial charge in [-0.05, 0) is 23.4 Å². The van der Waals surface area contributed by atoms with Crippen molar-refractivity contribution < 1.29 is 4.79 Å². The van der Waals surface area contributed by atoms with Gasteiger partial charge in [-0.1, -0.05) is 6.92 Å². The highest BCUT2D eigenvalue weighted by Gasteiger charge is 2.19. The monoisotopic (exact) mass is 195 g/mol. The number of amides is 1. The maximum atomic E-state index is 10.7. The van der Waals surface area contributed by atoms with Crippen LogP contribution < -0.4 is 0 Å². The molecule has 1 aromatic rings. The molecule has 3 heteroatoms. The Morgan fingerprint density at radius 2 is 2.54 bits per heavy atom. The van der Waals surface area contributed by atoms with Crippen molar-refractivity contribution in [3.8, 4) is 0 Å². The first-order valence-electron chi connectivity index (χ1n) is 4.57. The largest absolute Gasteiger partial charge is 0.344 e. The van der Waals surface area contributed by atoms with E-state index in [1.165, 1.54) is 10.4 Å². The lowest BCUT2D eigenvalue weighted by atomic mass is 10.1. The third-order valence-electron chi connectivity index (χ3n) is 2.55. The number of hydrogen-bond donors (Lipinski definition) is 0. The second-order valence-electron chi connectivity index (χ2n) is 3.56. The van der Waals surface area contributed by atoms with Gasteiger partial charge in [0.25, 0.3) is 0 Å². The molecule has 0 saturated carbocycles. The summed E-state index contributed by atoms with van der Waals surface area (Å²) < 4.78 is 0. The van der Waals surface area contributed by atoms with E-state index in [-0.39, 0.29) is 0 Å². The van der Waals surface area contributed by atoms with E-state index in [0.717, 1.165) is 25.9 Å². The van der Waals surface area contributed by atoms with Crippen LogP contribution in [0.1, 0.15) is 23.3 Å². The average Bonchev–Trinajstić information content (AvgIpc) is 2.54. The van der Waals surface area contributed by atoms with Crippen molar-refractivity contribution in [3.05, 3.63) is 21.9 Å². The summed E-state index contributed by atoms with van der Waals surface area (Å²) in [6.07, 6.45) is 1.98. The minimum atomic E-state index is 0.502. The van der Waals surface area contributed by atoms with Gasteiger partial charge in [0, 0.05) is 23.9 Å². The van der Waals surface area contributed by atoms with E-state index >= 15 is 0 Å². The molecule has 2 heterocycles. The van der Waals surface area contributed by atoms with E-state index in [1.54, 1.807) is 0 Å². The van der Waals surface area contributed by atoms with Gasteiger partial charge in [-0.3, -0.25) is 4.79 Å². The number of rotatable bonds is 1. The van der Waals surface area contributed by atoms with Crippen LogP contribution in [0.15, 0.2) is 11.4 Å². The predicted molar refractivity (Wildman–Crippen MR) is 54.1 cm³/mol. The summed E-state index contributed by atoms with van der Waals surface area (Å²) >= 11 is 1.82. The summed E-state index contributed by atoms with van der Waals surface area (Å²) in [5, 5.41) is 2.15. The number of thiophene rings is 1. The highest BCUT2D eigenvalue weighted by atomic mass is 32.1. The molecule has 0 aliphatic carbocycles. The van der Waals surface area contributed by atoms with E-state index < -0.39 is 0 Å². The summed E-state index contributed by atoms with van der Waals surface area (Å²) in [6.45, 7) is 3.94. The standard InChI is InChI=1S/C10H13NOS/c1-8-6-11(7-12)4-2-9-3-5-13-10(8)9/h3,5,7-8H,2,4,6H2,1H3. The number of hydrogen-bond acceptors (Lipinski definition) is 2. The Bertz CT molecular complexity index is 308. The van der Waals surface area contributed by atoms with Crippen LogP contribution in [0, 0.1) is 0 Å². The minimum Gasteiger partial charge on any atom is -0.344 e. The average molecular weight is 195 g/mol. The van der Waals surface area contributed by atoms with Crippen molar-refractivity contribution in [1.82, 2.24) is 4.90 Å². The second kappa shape index (κ2) is 3.50. The molecule has 0 N–H and O–H groups in total. The summed E-state index contributed by atoms with van der Waals surface area (Å²) in [5.74, 6) is 0.502. The molecule has 13 heavy (non-hydrogen) atoms. The number of carbonyl (C=O) groups is 1. The van der Waals surface area contributed by atoms with E-state index in [0.29, 0.717) is 5.92 Å². The van der Waals surface area contributed by atoms with Crippen LogP contribution in [0.4, 0.5) is 0 Å². The van der Waals surface area contributed by atoms with Crippen LogP contribution in [0.2, 0.25) is 0 Å². The minimum absolute atomic E-state index is 0.502. The van der Waals surface area contributed by atoms with Crippen LogP contribution in [0.5, 0.6) is 0 Å². The maximum Gasteiger partial charge on any atom is 0.209 e. The van der Waals surface area contributed by atoms with Crippen LogP contribution in [-0.4, -0.2) is 24.4 Å². The highest BCUT2D eigenvalue weighted by Crippen LogP contribution is 2.29. The Kier molecular flexibility index (Phi) is 2.36. The lowest BCUT2D eigenvalue weighted by Crippen LogP contribution is -2.25. The molecule has 1 atom stereocenters. The van der Waals surface area contributed by atoms with Crippen molar-refractivity contribution in [1.29, 1.82) is 0 Å². The second-order valence-corrected chi connectivity index (χ2v) is 4.51. The molecule has 0 bridgehead atoms. The highest BCUT2D eigenvalue weighted by molar-refractivity contribution is 7.10. The lowest BCUT2D eigenvalue weighted by Gasteiger charge is -2.16. The third-order valence-corrected chi connectivity index (χ3v) is 3.74. The molecule has 1 aliphatic rings.